The molecule has 3 aromatic rings. The topological polar surface area (TPSA) is 57.7 Å². The Bertz CT molecular complexity index is 1270. The third-order valence-electron chi connectivity index (χ3n) is 6.30. The molecule has 0 radical (unpaired) electrons. The molecule has 5 rings (SSSR count). The van der Waals surface area contributed by atoms with Crippen LogP contribution in [0.4, 0.5) is 5.69 Å². The van der Waals surface area contributed by atoms with Crippen molar-refractivity contribution in [1.29, 1.82) is 0 Å². The van der Waals surface area contributed by atoms with Crippen molar-refractivity contribution in [1.82, 2.24) is 4.31 Å². The fourth-order valence-electron chi connectivity index (χ4n) is 4.66. The fourth-order valence-corrected chi connectivity index (χ4v) is 6.63. The highest BCUT2D eigenvalue weighted by Gasteiger charge is 2.37. The van der Waals surface area contributed by atoms with Crippen LogP contribution in [0.15, 0.2) is 70.0 Å². The van der Waals surface area contributed by atoms with E-state index in [1.54, 1.807) is 12.1 Å². The van der Waals surface area contributed by atoms with Gasteiger partial charge in [0, 0.05) is 29.8 Å². The second-order valence-corrected chi connectivity index (χ2v) is 11.1. The second-order valence-electron chi connectivity index (χ2n) is 8.22. The molecule has 2 aliphatic heterocycles. The van der Waals surface area contributed by atoms with Gasteiger partial charge in [-0.05, 0) is 65.9 Å². The van der Waals surface area contributed by atoms with Crippen LogP contribution in [-0.2, 0) is 21.2 Å². The van der Waals surface area contributed by atoms with E-state index in [4.69, 9.17) is 0 Å². The average Bonchev–Trinajstić information content (AvgIpc) is 3.21. The summed E-state index contributed by atoms with van der Waals surface area (Å²) in [6.07, 6.45) is 2.22. The van der Waals surface area contributed by atoms with Crippen molar-refractivity contribution < 1.29 is 13.2 Å². The van der Waals surface area contributed by atoms with Gasteiger partial charge in [0.05, 0.1) is 10.8 Å². The Morgan fingerprint density at radius 3 is 2.61 bits per heavy atom. The third kappa shape index (κ3) is 3.79. The predicted molar refractivity (Wildman–Crippen MR) is 126 cm³/mol. The number of hydrogen-bond acceptors (Lipinski definition) is 3. The number of nitrogens with zero attached hydrogens (tertiary/aromatic N) is 2. The van der Waals surface area contributed by atoms with Gasteiger partial charge in [-0.15, -0.1) is 0 Å². The molecular weight excluding hydrogens is 476 g/mol. The van der Waals surface area contributed by atoms with Crippen molar-refractivity contribution in [2.24, 2.45) is 5.92 Å². The van der Waals surface area contributed by atoms with Gasteiger partial charge in [-0.2, -0.15) is 4.31 Å². The van der Waals surface area contributed by atoms with Crippen LogP contribution >= 0.6 is 15.9 Å². The first-order valence-corrected chi connectivity index (χ1v) is 12.8. The molecule has 0 spiro atoms. The molecule has 160 valence electrons. The maximum absolute atomic E-state index is 13.4. The van der Waals surface area contributed by atoms with E-state index in [0.717, 1.165) is 32.9 Å². The molecular formula is C24H23BrN2O3S. The molecule has 0 aliphatic carbocycles. The molecule has 1 amide bonds. The van der Waals surface area contributed by atoms with Crippen LogP contribution < -0.4 is 4.90 Å². The standard InChI is InChI=1S/C24H23BrN2O3S/c25-21-8-10-23-19(14-21)11-13-27(23)24(28)20-6-3-12-26(16-20)31(29,30)22-9-7-17-4-1-2-5-18(17)15-22/h1-2,4-5,7-10,14-15,20H,3,6,11-13,16H2/t20-/m1/s1. The van der Waals surface area contributed by atoms with E-state index >= 15 is 0 Å². The highest BCUT2D eigenvalue weighted by atomic mass is 79.9. The first-order chi connectivity index (χ1) is 14.9. The van der Waals surface area contributed by atoms with Crippen molar-refractivity contribution in [2.75, 3.05) is 24.5 Å². The lowest BCUT2D eigenvalue weighted by Gasteiger charge is -2.33. The summed E-state index contributed by atoms with van der Waals surface area (Å²) < 4.78 is 29.2. The number of benzene rings is 3. The number of rotatable bonds is 3. The number of fused-ring (bicyclic) bond motifs is 2. The van der Waals surface area contributed by atoms with Crippen molar-refractivity contribution in [3.63, 3.8) is 0 Å². The number of hydrogen-bond donors (Lipinski definition) is 0. The number of carbonyl (C=O) groups is 1. The molecule has 0 bridgehead atoms. The molecule has 7 heteroatoms. The Morgan fingerprint density at radius 1 is 0.968 bits per heavy atom. The molecule has 3 aromatic carbocycles. The molecule has 1 atom stereocenters. The summed E-state index contributed by atoms with van der Waals surface area (Å²) >= 11 is 3.49. The highest BCUT2D eigenvalue weighted by molar-refractivity contribution is 9.10. The van der Waals surface area contributed by atoms with Gasteiger partial charge in [0.1, 0.15) is 0 Å². The largest absolute Gasteiger partial charge is 0.312 e. The van der Waals surface area contributed by atoms with E-state index in [-0.39, 0.29) is 23.3 Å². The maximum Gasteiger partial charge on any atom is 0.243 e. The van der Waals surface area contributed by atoms with Gasteiger partial charge < -0.3 is 4.90 Å². The SMILES string of the molecule is O=C([C@@H]1CCCN(S(=O)(=O)c2ccc3ccccc3c2)C1)N1CCc2cc(Br)ccc21. The third-order valence-corrected chi connectivity index (χ3v) is 8.65. The van der Waals surface area contributed by atoms with Crippen LogP contribution in [0.5, 0.6) is 0 Å². The second kappa shape index (κ2) is 8.04. The van der Waals surface area contributed by atoms with Gasteiger partial charge in [-0.3, -0.25) is 4.79 Å². The van der Waals surface area contributed by atoms with Crippen LogP contribution in [0.1, 0.15) is 18.4 Å². The molecule has 0 N–H and O–H groups in total. The summed E-state index contributed by atoms with van der Waals surface area (Å²) in [5, 5.41) is 1.90. The van der Waals surface area contributed by atoms with Gasteiger partial charge in [0.2, 0.25) is 15.9 Å². The zero-order chi connectivity index (χ0) is 21.6. The van der Waals surface area contributed by atoms with E-state index in [1.165, 1.54) is 4.31 Å². The van der Waals surface area contributed by atoms with E-state index in [0.29, 0.717) is 25.9 Å². The minimum atomic E-state index is -3.65. The molecule has 2 aliphatic rings. The fraction of sp³-hybridized carbons (Fsp3) is 0.292. The molecule has 0 saturated carbocycles. The van der Waals surface area contributed by atoms with Gasteiger partial charge in [-0.25, -0.2) is 8.42 Å². The molecule has 0 unspecified atom stereocenters. The Balaban J connectivity index is 1.38. The number of halogens is 1. The zero-order valence-corrected chi connectivity index (χ0v) is 19.4. The minimum Gasteiger partial charge on any atom is -0.312 e. The van der Waals surface area contributed by atoms with Crippen molar-refractivity contribution >= 4 is 48.3 Å². The first kappa shape index (κ1) is 20.7. The van der Waals surface area contributed by atoms with Crippen LogP contribution in [-0.4, -0.2) is 38.3 Å². The van der Waals surface area contributed by atoms with Crippen molar-refractivity contribution in [3.05, 3.63) is 70.7 Å². The van der Waals surface area contributed by atoms with Gasteiger partial charge in [-0.1, -0.05) is 46.3 Å². The Morgan fingerprint density at radius 2 is 1.77 bits per heavy atom. The number of anilines is 1. The lowest BCUT2D eigenvalue weighted by molar-refractivity contribution is -0.123. The van der Waals surface area contributed by atoms with E-state index in [2.05, 4.69) is 22.0 Å². The van der Waals surface area contributed by atoms with E-state index in [1.807, 2.05) is 47.4 Å². The van der Waals surface area contributed by atoms with Crippen LogP contribution in [0.3, 0.4) is 0 Å². The average molecular weight is 499 g/mol. The molecule has 0 aromatic heterocycles. The van der Waals surface area contributed by atoms with Gasteiger partial charge in [0.15, 0.2) is 0 Å². The monoisotopic (exact) mass is 498 g/mol. The Hall–Kier alpha value is -2.22. The van der Waals surface area contributed by atoms with Crippen LogP contribution in [0.25, 0.3) is 10.8 Å². The zero-order valence-electron chi connectivity index (χ0n) is 17.0. The molecule has 1 fully saturated rings. The maximum atomic E-state index is 13.4. The normalized spacial score (nSPS) is 19.5. The highest BCUT2D eigenvalue weighted by Crippen LogP contribution is 2.34. The summed E-state index contributed by atoms with van der Waals surface area (Å²) in [7, 11) is -3.65. The quantitative estimate of drug-likeness (QED) is 0.530. The van der Waals surface area contributed by atoms with E-state index < -0.39 is 10.0 Å². The summed E-state index contributed by atoms with van der Waals surface area (Å²) in [6.45, 7) is 1.33. The summed E-state index contributed by atoms with van der Waals surface area (Å²) in [6, 6.07) is 18.9. The Labute approximate surface area is 190 Å². The number of piperidine rings is 1. The van der Waals surface area contributed by atoms with Gasteiger partial charge in [0.25, 0.3) is 0 Å². The smallest absolute Gasteiger partial charge is 0.243 e. The predicted octanol–water partition coefficient (Wildman–Crippen LogP) is 4.59. The van der Waals surface area contributed by atoms with Crippen LogP contribution in [0.2, 0.25) is 0 Å². The molecule has 5 nitrogen and oxygen atoms in total. The summed E-state index contributed by atoms with van der Waals surface area (Å²) in [4.78, 5) is 15.4. The number of carbonyl (C=O) groups excluding carboxylic acids is 1. The minimum absolute atomic E-state index is 0.0273. The summed E-state index contributed by atoms with van der Waals surface area (Å²) in [5.41, 5.74) is 2.10. The van der Waals surface area contributed by atoms with Crippen LogP contribution in [0, 0.1) is 5.92 Å². The lowest BCUT2D eigenvalue weighted by Crippen LogP contribution is -2.46. The number of sulfonamides is 1. The van der Waals surface area contributed by atoms with Gasteiger partial charge >= 0.3 is 0 Å². The molecule has 31 heavy (non-hydrogen) atoms. The molecule has 2 heterocycles. The summed E-state index contributed by atoms with van der Waals surface area (Å²) in [5.74, 6) is -0.293. The lowest BCUT2D eigenvalue weighted by atomic mass is 9.98. The number of amides is 1. The van der Waals surface area contributed by atoms with Crippen molar-refractivity contribution in [3.8, 4) is 0 Å². The molecule has 1 saturated heterocycles. The first-order valence-electron chi connectivity index (χ1n) is 10.5. The Kier molecular flexibility index (Phi) is 5.36. The van der Waals surface area contributed by atoms with Crippen molar-refractivity contribution in [2.45, 2.75) is 24.2 Å². The van der Waals surface area contributed by atoms with E-state index in [9.17, 15) is 13.2 Å².